The molecule has 2 heterocycles. The molecular weight excluding hydrogens is 275 g/mol. The number of carbonyl (C=O) groups is 1. The first kappa shape index (κ1) is 15.4. The summed E-state index contributed by atoms with van der Waals surface area (Å²) in [4.78, 5) is 15.5. The smallest absolute Gasteiger partial charge is 0.371 e. The van der Waals surface area contributed by atoms with Crippen molar-refractivity contribution < 1.29 is 22.7 Å². The summed E-state index contributed by atoms with van der Waals surface area (Å²) in [7, 11) is 0. The van der Waals surface area contributed by atoms with E-state index in [2.05, 4.69) is 15.0 Å². The Bertz CT molecular complexity index is 330. The first-order chi connectivity index (χ1) is 9.46. The maximum Gasteiger partial charge on any atom is 0.411 e. The Labute approximate surface area is 116 Å². The van der Waals surface area contributed by atoms with Crippen LogP contribution in [0, 0.1) is 0 Å². The summed E-state index contributed by atoms with van der Waals surface area (Å²) in [5.74, 6) is 0. The van der Waals surface area contributed by atoms with Crippen molar-refractivity contribution in [2.24, 2.45) is 0 Å². The fourth-order valence-electron chi connectivity index (χ4n) is 2.67. The van der Waals surface area contributed by atoms with Crippen LogP contribution in [0.2, 0.25) is 0 Å². The number of ether oxygens (including phenoxy) is 1. The lowest BCUT2D eigenvalue weighted by atomic mass is 10.0. The molecule has 0 atom stereocenters. The van der Waals surface area contributed by atoms with Gasteiger partial charge in [-0.25, -0.2) is 4.79 Å². The lowest BCUT2D eigenvalue weighted by Crippen LogP contribution is -2.46. The lowest BCUT2D eigenvalue weighted by molar-refractivity contribution is -0.174. The summed E-state index contributed by atoms with van der Waals surface area (Å²) in [5.41, 5.74) is 0. The highest BCUT2D eigenvalue weighted by atomic mass is 19.4. The quantitative estimate of drug-likeness (QED) is 0.771. The number of amides is 2. The van der Waals surface area contributed by atoms with E-state index in [1.54, 1.807) is 0 Å². The van der Waals surface area contributed by atoms with Crippen LogP contribution in [-0.2, 0) is 4.74 Å². The normalized spacial score (nSPS) is 22.4. The molecule has 2 aliphatic rings. The van der Waals surface area contributed by atoms with Gasteiger partial charge in [0.25, 0.3) is 0 Å². The molecule has 5 nitrogen and oxygen atoms in total. The Balaban J connectivity index is 1.61. The monoisotopic (exact) mass is 295 g/mol. The van der Waals surface area contributed by atoms with Gasteiger partial charge >= 0.3 is 12.2 Å². The number of hydrogen-bond donors (Lipinski definition) is 1. The van der Waals surface area contributed by atoms with E-state index >= 15 is 0 Å². The van der Waals surface area contributed by atoms with Crippen LogP contribution < -0.4 is 5.32 Å². The van der Waals surface area contributed by atoms with Gasteiger partial charge in [0, 0.05) is 38.8 Å². The third-order valence-corrected chi connectivity index (χ3v) is 3.71. The number of halogens is 3. The maximum absolute atomic E-state index is 11.9. The number of nitrogens with one attached hydrogen (secondary N) is 1. The molecule has 2 aliphatic heterocycles. The number of alkyl halides is 3. The van der Waals surface area contributed by atoms with Crippen molar-refractivity contribution in [2.45, 2.75) is 25.1 Å². The van der Waals surface area contributed by atoms with Gasteiger partial charge in [0.05, 0.1) is 6.61 Å². The van der Waals surface area contributed by atoms with Crippen molar-refractivity contribution in [2.75, 3.05) is 45.9 Å². The predicted octanol–water partition coefficient (Wildman–Crippen LogP) is 1.05. The Morgan fingerprint density at radius 2 is 1.95 bits per heavy atom. The van der Waals surface area contributed by atoms with Crippen molar-refractivity contribution >= 4 is 6.03 Å². The first-order valence-electron chi connectivity index (χ1n) is 6.87. The number of carbonyl (C=O) groups excluding carboxylic acids is 1. The third-order valence-electron chi connectivity index (χ3n) is 3.71. The molecule has 1 N–H and O–H groups in total. The zero-order chi connectivity index (χ0) is 14.6. The average molecular weight is 295 g/mol. The molecule has 2 rings (SSSR count). The largest absolute Gasteiger partial charge is 0.411 e. The van der Waals surface area contributed by atoms with Gasteiger partial charge in [0.2, 0.25) is 0 Å². The molecule has 2 amide bonds. The highest BCUT2D eigenvalue weighted by molar-refractivity contribution is 5.76. The third kappa shape index (κ3) is 4.52. The van der Waals surface area contributed by atoms with Crippen LogP contribution in [0.1, 0.15) is 12.8 Å². The zero-order valence-electron chi connectivity index (χ0n) is 11.3. The van der Waals surface area contributed by atoms with Gasteiger partial charge in [0.15, 0.2) is 0 Å². The molecule has 2 fully saturated rings. The molecule has 0 aliphatic carbocycles. The van der Waals surface area contributed by atoms with Gasteiger partial charge in [-0.05, 0) is 12.8 Å². The van der Waals surface area contributed by atoms with Crippen LogP contribution in [0.3, 0.4) is 0 Å². The van der Waals surface area contributed by atoms with Crippen molar-refractivity contribution in [3.05, 3.63) is 0 Å². The number of likely N-dealkylation sites (tertiary alicyclic amines) is 1. The van der Waals surface area contributed by atoms with Gasteiger partial charge in [-0.3, -0.25) is 0 Å². The summed E-state index contributed by atoms with van der Waals surface area (Å²) in [6.45, 7) is 2.46. The van der Waals surface area contributed by atoms with Crippen LogP contribution >= 0.6 is 0 Å². The Morgan fingerprint density at radius 3 is 2.50 bits per heavy atom. The highest BCUT2D eigenvalue weighted by Gasteiger charge is 2.31. The van der Waals surface area contributed by atoms with Gasteiger partial charge in [-0.15, -0.1) is 0 Å². The summed E-state index contributed by atoms with van der Waals surface area (Å²) in [6, 6.07) is 0.252. The molecule has 8 heteroatoms. The van der Waals surface area contributed by atoms with E-state index < -0.39 is 12.8 Å². The molecular formula is C12H20F3N3O2. The Kier molecular flexibility index (Phi) is 5.09. The lowest BCUT2D eigenvalue weighted by Gasteiger charge is -2.36. The minimum absolute atomic E-state index is 0.00281. The maximum atomic E-state index is 11.9. The van der Waals surface area contributed by atoms with E-state index in [0.29, 0.717) is 13.1 Å². The molecule has 0 saturated carbocycles. The number of hydrogen-bond acceptors (Lipinski definition) is 3. The molecule has 0 unspecified atom stereocenters. The number of urea groups is 1. The zero-order valence-corrected chi connectivity index (χ0v) is 11.3. The van der Waals surface area contributed by atoms with E-state index in [1.807, 2.05) is 4.90 Å². The van der Waals surface area contributed by atoms with Gasteiger partial charge < -0.3 is 19.9 Å². The number of rotatable bonds is 5. The summed E-state index contributed by atoms with van der Waals surface area (Å²) in [5, 5.41) is 2.78. The number of piperidine rings is 1. The van der Waals surface area contributed by atoms with E-state index in [1.165, 1.54) is 0 Å². The molecule has 0 radical (unpaired) electrons. The molecule has 0 spiro atoms. The minimum Gasteiger partial charge on any atom is -0.371 e. The van der Waals surface area contributed by atoms with Crippen LogP contribution in [-0.4, -0.2) is 74.0 Å². The molecule has 0 aromatic heterocycles. The summed E-state index contributed by atoms with van der Waals surface area (Å²) >= 11 is 0. The van der Waals surface area contributed by atoms with Crippen LogP contribution in [0.5, 0.6) is 0 Å². The second kappa shape index (κ2) is 6.62. The van der Waals surface area contributed by atoms with Gasteiger partial charge in [-0.2, -0.15) is 13.2 Å². The van der Waals surface area contributed by atoms with E-state index in [-0.39, 0.29) is 18.7 Å². The summed E-state index contributed by atoms with van der Waals surface area (Å²) < 4.78 is 40.3. The van der Waals surface area contributed by atoms with E-state index in [9.17, 15) is 18.0 Å². The second-order valence-electron chi connectivity index (χ2n) is 5.17. The minimum atomic E-state index is -4.25. The molecule has 0 aromatic rings. The van der Waals surface area contributed by atoms with Gasteiger partial charge in [0.1, 0.15) is 6.61 Å². The van der Waals surface area contributed by atoms with Crippen molar-refractivity contribution in [1.82, 2.24) is 15.1 Å². The number of nitrogens with zero attached hydrogens (tertiary/aromatic N) is 2. The van der Waals surface area contributed by atoms with Crippen molar-refractivity contribution in [3.8, 4) is 0 Å². The summed E-state index contributed by atoms with van der Waals surface area (Å²) in [6.07, 6.45) is -2.52. The Hall–Kier alpha value is -1.02. The first-order valence-corrected chi connectivity index (χ1v) is 6.87. The topological polar surface area (TPSA) is 44.8 Å². The van der Waals surface area contributed by atoms with Gasteiger partial charge in [-0.1, -0.05) is 0 Å². The Morgan fingerprint density at radius 1 is 1.25 bits per heavy atom. The van der Waals surface area contributed by atoms with E-state index in [4.69, 9.17) is 0 Å². The SMILES string of the molecule is O=C1NCCN1C1CCN(CCOCC(F)(F)F)CC1. The molecule has 0 aromatic carbocycles. The highest BCUT2D eigenvalue weighted by Crippen LogP contribution is 2.18. The van der Waals surface area contributed by atoms with Crippen LogP contribution in [0.15, 0.2) is 0 Å². The van der Waals surface area contributed by atoms with Crippen LogP contribution in [0.25, 0.3) is 0 Å². The fraction of sp³-hybridized carbons (Fsp3) is 0.917. The molecule has 116 valence electrons. The molecule has 20 heavy (non-hydrogen) atoms. The van der Waals surface area contributed by atoms with Crippen molar-refractivity contribution in [3.63, 3.8) is 0 Å². The standard InChI is InChI=1S/C12H20F3N3O2/c13-12(14,15)9-20-8-7-17-4-1-10(2-5-17)18-6-3-16-11(18)19/h10H,1-9H2,(H,16,19). The fourth-order valence-corrected chi connectivity index (χ4v) is 2.67. The second-order valence-corrected chi connectivity index (χ2v) is 5.17. The van der Waals surface area contributed by atoms with Crippen molar-refractivity contribution in [1.29, 1.82) is 0 Å². The molecule has 2 saturated heterocycles. The predicted molar refractivity (Wildman–Crippen MR) is 66.4 cm³/mol. The molecule has 0 bridgehead atoms. The van der Waals surface area contributed by atoms with E-state index in [0.717, 1.165) is 32.5 Å². The van der Waals surface area contributed by atoms with Crippen LogP contribution in [0.4, 0.5) is 18.0 Å². The average Bonchev–Trinajstić information content (AvgIpc) is 2.81.